The molecule has 157 valence electrons. The molecule has 0 amide bonds. The summed E-state index contributed by atoms with van der Waals surface area (Å²) in [7, 11) is 0. The average Bonchev–Trinajstić information content (AvgIpc) is 3.29. The molecule has 3 aromatic carbocycles. The van der Waals surface area contributed by atoms with Crippen molar-refractivity contribution in [1.29, 1.82) is 0 Å². The molecule has 0 heterocycles. The largest absolute Gasteiger partial charge is 1.00 e. The molecule has 2 unspecified atom stereocenters. The van der Waals surface area contributed by atoms with Gasteiger partial charge in [0.1, 0.15) is 0 Å². The SMILES string of the molecule is C[CH]=[Zr+2][CH]1c2ccccc2-c2cccc(C3C(CCCO)=Cc4ccccc43)c21.[Cl-].[Cl-]. The van der Waals surface area contributed by atoms with E-state index in [1.165, 1.54) is 39.0 Å². The van der Waals surface area contributed by atoms with Crippen LogP contribution >= 0.6 is 0 Å². The Labute approximate surface area is 208 Å². The molecule has 0 fully saturated rings. The minimum Gasteiger partial charge on any atom is -1.00 e. The molecule has 31 heavy (non-hydrogen) atoms. The van der Waals surface area contributed by atoms with Gasteiger partial charge in [-0.2, -0.15) is 0 Å². The summed E-state index contributed by atoms with van der Waals surface area (Å²) in [5.41, 5.74) is 11.7. The molecule has 4 heteroatoms. The molecule has 0 bridgehead atoms. The summed E-state index contributed by atoms with van der Waals surface area (Å²) in [5.74, 6) is 0.320. The number of fused-ring (bicyclic) bond motifs is 4. The first-order valence-electron chi connectivity index (χ1n) is 10.5. The Balaban J connectivity index is 0.00000136. The van der Waals surface area contributed by atoms with Crippen molar-refractivity contribution in [2.45, 2.75) is 29.3 Å². The van der Waals surface area contributed by atoms with Gasteiger partial charge in [-0.25, -0.2) is 0 Å². The molecule has 0 saturated carbocycles. The van der Waals surface area contributed by atoms with Gasteiger partial charge in [-0.3, -0.25) is 0 Å². The Kier molecular flexibility index (Phi) is 8.27. The van der Waals surface area contributed by atoms with Crippen molar-refractivity contribution in [2.24, 2.45) is 0 Å². The molecule has 3 aromatic rings. The molecule has 1 nitrogen and oxygen atoms in total. The Morgan fingerprint density at radius 3 is 2.29 bits per heavy atom. The molecule has 2 atom stereocenters. The third-order valence-corrected chi connectivity index (χ3v) is 9.39. The van der Waals surface area contributed by atoms with E-state index in [-0.39, 0.29) is 31.4 Å². The van der Waals surface area contributed by atoms with E-state index in [0.29, 0.717) is 9.54 Å². The third-order valence-electron chi connectivity index (χ3n) is 6.28. The molecule has 0 radical (unpaired) electrons. The van der Waals surface area contributed by atoms with E-state index in [0.717, 1.165) is 12.8 Å². The molecule has 0 aromatic heterocycles. The van der Waals surface area contributed by atoms with Gasteiger partial charge >= 0.3 is 185 Å². The maximum atomic E-state index is 9.46. The van der Waals surface area contributed by atoms with Crippen molar-refractivity contribution in [2.75, 3.05) is 6.61 Å². The van der Waals surface area contributed by atoms with E-state index in [1.807, 2.05) is 0 Å². The number of aliphatic hydroxyl groups is 1. The number of allylic oxidation sites excluding steroid dienone is 1. The first kappa shape index (κ1) is 24.3. The van der Waals surface area contributed by atoms with Crippen molar-refractivity contribution in [1.82, 2.24) is 0 Å². The molecule has 2 aliphatic rings. The maximum absolute atomic E-state index is 9.46. The Bertz CT molecular complexity index is 1140. The van der Waals surface area contributed by atoms with E-state index < -0.39 is 22.8 Å². The number of hydrogen-bond donors (Lipinski definition) is 1. The standard InChI is InChI=1S/C25H21O.C2H4.2ClH.Zr/c26-14-6-9-19-15-17-7-2-4-11-21(17)25(19)23-13-5-12-22-20-10-3-1-8-18(20)16-24(22)23;1-2;;;/h1-5,7-8,10-13,15-16,25-26H,6,9,14H2;1H,2H3;2*1H;/q;;;;+2/p-2. The quantitative estimate of drug-likeness (QED) is 0.495. The Hall–Kier alpha value is -1.31. The zero-order valence-electron chi connectivity index (χ0n) is 17.5. The number of rotatable bonds is 5. The van der Waals surface area contributed by atoms with Crippen LogP contribution in [0.25, 0.3) is 17.2 Å². The first-order chi connectivity index (χ1) is 14.3. The summed E-state index contributed by atoms with van der Waals surface area (Å²) >= 11 is -0.679. The number of aliphatic hydroxyl groups excluding tert-OH is 1. The maximum Gasteiger partial charge on any atom is -1.00 e. The van der Waals surface area contributed by atoms with Gasteiger partial charge in [0.05, 0.1) is 0 Å². The van der Waals surface area contributed by atoms with Crippen molar-refractivity contribution >= 4 is 9.78 Å². The number of hydrogen-bond acceptors (Lipinski definition) is 1. The molecule has 0 aliphatic heterocycles. The second-order valence-corrected chi connectivity index (χ2v) is 11.6. The zero-order chi connectivity index (χ0) is 19.8. The smallest absolute Gasteiger partial charge is 1.00 e. The normalized spacial score (nSPS) is 17.7. The van der Waals surface area contributed by atoms with Gasteiger partial charge in [0, 0.05) is 0 Å². The van der Waals surface area contributed by atoms with Crippen LogP contribution in [-0.2, 0) is 22.8 Å². The van der Waals surface area contributed by atoms with Gasteiger partial charge in [-0.1, -0.05) is 0 Å². The Morgan fingerprint density at radius 1 is 0.839 bits per heavy atom. The molecule has 0 saturated heterocycles. The van der Waals surface area contributed by atoms with Crippen LogP contribution in [0.4, 0.5) is 0 Å². The van der Waals surface area contributed by atoms with Crippen molar-refractivity contribution in [3.63, 3.8) is 0 Å². The van der Waals surface area contributed by atoms with Crippen molar-refractivity contribution in [3.05, 3.63) is 100 Å². The van der Waals surface area contributed by atoms with E-state index in [2.05, 4.69) is 83.4 Å². The molecule has 2 aliphatic carbocycles. The van der Waals surface area contributed by atoms with Crippen LogP contribution in [0.15, 0.2) is 72.3 Å². The summed E-state index contributed by atoms with van der Waals surface area (Å²) in [6, 6.07) is 24.8. The summed E-state index contributed by atoms with van der Waals surface area (Å²) in [4.78, 5) is 0. The van der Waals surface area contributed by atoms with Crippen LogP contribution in [0, 0.1) is 0 Å². The fraction of sp³-hybridized carbons (Fsp3) is 0.222. The van der Waals surface area contributed by atoms with Crippen molar-refractivity contribution in [3.8, 4) is 11.1 Å². The number of benzene rings is 3. The minimum atomic E-state index is -0.679. The average molecular weight is 528 g/mol. The van der Waals surface area contributed by atoms with Gasteiger partial charge in [0.15, 0.2) is 0 Å². The Morgan fingerprint density at radius 2 is 1.52 bits per heavy atom. The summed E-state index contributed by atoms with van der Waals surface area (Å²) in [6.07, 6.45) is 4.16. The molecule has 1 N–H and O–H groups in total. The van der Waals surface area contributed by atoms with Gasteiger partial charge in [0.25, 0.3) is 0 Å². The zero-order valence-corrected chi connectivity index (χ0v) is 21.5. The van der Waals surface area contributed by atoms with E-state index in [1.54, 1.807) is 5.56 Å². The van der Waals surface area contributed by atoms with Crippen LogP contribution in [0.5, 0.6) is 0 Å². The van der Waals surface area contributed by atoms with E-state index >= 15 is 0 Å². The van der Waals surface area contributed by atoms with E-state index in [9.17, 15) is 5.11 Å². The van der Waals surface area contributed by atoms with Crippen LogP contribution < -0.4 is 24.8 Å². The number of halogens is 2. The van der Waals surface area contributed by atoms with Gasteiger partial charge in [-0.05, 0) is 0 Å². The predicted molar refractivity (Wildman–Crippen MR) is 118 cm³/mol. The fourth-order valence-electron chi connectivity index (χ4n) is 5.14. The topological polar surface area (TPSA) is 20.2 Å². The molecule has 0 spiro atoms. The predicted octanol–water partition coefficient (Wildman–Crippen LogP) is -0.0296. The van der Waals surface area contributed by atoms with Gasteiger partial charge in [-0.15, -0.1) is 0 Å². The van der Waals surface area contributed by atoms with Crippen molar-refractivity contribution < 1.29 is 52.7 Å². The second kappa shape index (κ2) is 10.5. The molecular weight excluding hydrogens is 502 g/mol. The third kappa shape index (κ3) is 4.21. The van der Waals surface area contributed by atoms with Gasteiger partial charge in [0.2, 0.25) is 0 Å². The molecule has 5 rings (SSSR count). The monoisotopic (exact) mass is 525 g/mol. The summed E-state index contributed by atoms with van der Waals surface area (Å²) < 4.78 is 3.07. The molecular formula is C27H25Cl2OZr. The fourth-order valence-corrected chi connectivity index (χ4v) is 8.22. The summed E-state index contributed by atoms with van der Waals surface area (Å²) in [6.45, 7) is 2.49. The van der Waals surface area contributed by atoms with E-state index in [4.69, 9.17) is 0 Å². The van der Waals surface area contributed by atoms with Crippen LogP contribution in [0.1, 0.15) is 57.1 Å². The van der Waals surface area contributed by atoms with Crippen LogP contribution in [0.2, 0.25) is 0 Å². The minimum absolute atomic E-state index is 0. The van der Waals surface area contributed by atoms with Crippen LogP contribution in [-0.4, -0.2) is 15.4 Å². The van der Waals surface area contributed by atoms with Crippen LogP contribution in [0.3, 0.4) is 0 Å². The second-order valence-electron chi connectivity index (χ2n) is 7.89. The first-order valence-corrected chi connectivity index (χ1v) is 13.3. The van der Waals surface area contributed by atoms with Gasteiger partial charge < -0.3 is 24.8 Å². The summed E-state index contributed by atoms with van der Waals surface area (Å²) in [5, 5.41) is 9.46.